The Morgan fingerprint density at radius 3 is 1.24 bits per heavy atom. The molecule has 8 heteroatoms. The van der Waals surface area contributed by atoms with E-state index in [0.717, 1.165) is 88.2 Å². The molecule has 4 aromatic heterocycles. The summed E-state index contributed by atoms with van der Waals surface area (Å²) in [5.41, 5.74) is 11.7. The van der Waals surface area contributed by atoms with Crippen molar-refractivity contribution < 1.29 is 0 Å². The first-order valence-electron chi connectivity index (χ1n) is 22.6. The monoisotopic (exact) mass is 870 g/mol. The van der Waals surface area contributed by atoms with Gasteiger partial charge in [-0.2, -0.15) is 9.97 Å². The largest absolute Gasteiger partial charge is 0.308 e. The van der Waals surface area contributed by atoms with Crippen LogP contribution in [-0.2, 0) is 0 Å². The quantitative estimate of drug-likeness (QED) is 0.151. The third kappa shape index (κ3) is 6.70. The van der Waals surface area contributed by atoms with E-state index >= 15 is 0 Å². The summed E-state index contributed by atoms with van der Waals surface area (Å²) < 4.78 is 4.54. The Morgan fingerprint density at radius 1 is 0.235 bits per heavy atom. The lowest BCUT2D eigenvalue weighted by molar-refractivity contribution is 0.953. The maximum absolute atomic E-state index is 5.34. The first-order chi connectivity index (χ1) is 33.7. The molecule has 0 unspecified atom stereocenters. The smallest absolute Gasteiger partial charge is 0.238 e. The third-order valence-electron chi connectivity index (χ3n) is 12.6. The van der Waals surface area contributed by atoms with Crippen LogP contribution in [0.25, 0.3) is 123 Å². The highest BCUT2D eigenvalue weighted by Crippen LogP contribution is 2.41. The minimum absolute atomic E-state index is 0.527. The van der Waals surface area contributed by atoms with E-state index in [1.807, 2.05) is 97.1 Å². The SMILES string of the molecule is c1ccc(-c2cccc(-c3nc(-c4ccccc4)nc(-n4c5ccccc5c5cc6c7ccccc7n(-c7ccccc7-c7nc(-c8ccccc8)nc(-c8ccccc8)n7)c6cc54)n3)c2)cc1. The molecule has 4 heterocycles. The minimum Gasteiger partial charge on any atom is -0.308 e. The van der Waals surface area contributed by atoms with E-state index in [0.29, 0.717) is 35.1 Å². The van der Waals surface area contributed by atoms with Gasteiger partial charge >= 0.3 is 0 Å². The molecule has 0 fully saturated rings. The van der Waals surface area contributed by atoms with Gasteiger partial charge in [0, 0.05) is 49.4 Å². The molecular weight excluding hydrogens is 833 g/mol. The molecule has 0 aliphatic carbocycles. The number of benzene rings is 9. The van der Waals surface area contributed by atoms with Gasteiger partial charge in [0.1, 0.15) is 0 Å². The predicted octanol–water partition coefficient (Wildman–Crippen LogP) is 14.3. The van der Waals surface area contributed by atoms with Gasteiger partial charge in [-0.15, -0.1) is 0 Å². The highest BCUT2D eigenvalue weighted by Gasteiger charge is 2.23. The number of para-hydroxylation sites is 3. The van der Waals surface area contributed by atoms with Crippen molar-refractivity contribution in [1.29, 1.82) is 0 Å². The number of fused-ring (bicyclic) bond motifs is 6. The van der Waals surface area contributed by atoms with Crippen molar-refractivity contribution >= 4 is 43.6 Å². The molecule has 0 N–H and O–H groups in total. The average molecular weight is 871 g/mol. The second-order valence-corrected chi connectivity index (χ2v) is 16.7. The fraction of sp³-hybridized carbons (Fsp3) is 0. The molecule has 318 valence electrons. The van der Waals surface area contributed by atoms with E-state index in [-0.39, 0.29) is 0 Å². The molecule has 0 radical (unpaired) electrons. The Kier molecular flexibility index (Phi) is 9.31. The third-order valence-corrected chi connectivity index (χ3v) is 12.6. The van der Waals surface area contributed by atoms with Gasteiger partial charge in [0.2, 0.25) is 5.95 Å². The Morgan fingerprint density at radius 2 is 0.647 bits per heavy atom. The lowest BCUT2D eigenvalue weighted by atomic mass is 10.0. The van der Waals surface area contributed by atoms with Gasteiger partial charge in [0.05, 0.1) is 27.8 Å². The lowest BCUT2D eigenvalue weighted by Crippen LogP contribution is -2.06. The first kappa shape index (κ1) is 39.0. The van der Waals surface area contributed by atoms with Gasteiger partial charge in [-0.1, -0.05) is 188 Å². The Hall–Kier alpha value is -9.40. The molecule has 8 nitrogen and oxygen atoms in total. The number of rotatable bonds is 8. The van der Waals surface area contributed by atoms with Crippen molar-refractivity contribution in [2.75, 3.05) is 0 Å². The van der Waals surface area contributed by atoms with Crippen LogP contribution in [0.15, 0.2) is 231 Å². The molecule has 0 saturated carbocycles. The highest BCUT2D eigenvalue weighted by atomic mass is 15.2. The van der Waals surface area contributed by atoms with Gasteiger partial charge in [-0.3, -0.25) is 4.57 Å². The van der Waals surface area contributed by atoms with E-state index in [1.165, 1.54) is 0 Å². The zero-order valence-electron chi connectivity index (χ0n) is 36.5. The van der Waals surface area contributed by atoms with E-state index in [1.54, 1.807) is 0 Å². The fourth-order valence-corrected chi connectivity index (χ4v) is 9.47. The zero-order valence-corrected chi connectivity index (χ0v) is 36.5. The van der Waals surface area contributed by atoms with Crippen LogP contribution in [0.3, 0.4) is 0 Å². The molecule has 0 atom stereocenters. The number of aromatic nitrogens is 8. The van der Waals surface area contributed by atoms with Crippen LogP contribution >= 0.6 is 0 Å². The minimum atomic E-state index is 0.527. The summed E-state index contributed by atoms with van der Waals surface area (Å²) in [5.74, 6) is 3.50. The molecule has 13 aromatic rings. The van der Waals surface area contributed by atoms with Crippen molar-refractivity contribution in [2.24, 2.45) is 0 Å². The molecule has 0 amide bonds. The predicted molar refractivity (Wildman–Crippen MR) is 275 cm³/mol. The molecule has 0 saturated heterocycles. The second-order valence-electron chi connectivity index (χ2n) is 16.7. The molecule has 9 aromatic carbocycles. The summed E-state index contributed by atoms with van der Waals surface area (Å²) >= 11 is 0. The van der Waals surface area contributed by atoms with Crippen LogP contribution in [0, 0.1) is 0 Å². The van der Waals surface area contributed by atoms with E-state index in [2.05, 4.69) is 143 Å². The van der Waals surface area contributed by atoms with Gasteiger partial charge in [0.15, 0.2) is 29.1 Å². The number of hydrogen-bond donors (Lipinski definition) is 0. The van der Waals surface area contributed by atoms with Crippen LogP contribution in [0.2, 0.25) is 0 Å². The zero-order chi connectivity index (χ0) is 45.0. The molecular formula is C60H38N8. The Balaban J connectivity index is 1.07. The molecule has 0 spiro atoms. The van der Waals surface area contributed by atoms with Crippen LogP contribution in [-0.4, -0.2) is 39.0 Å². The fourth-order valence-electron chi connectivity index (χ4n) is 9.47. The maximum Gasteiger partial charge on any atom is 0.238 e. The molecule has 0 aliphatic rings. The van der Waals surface area contributed by atoms with Crippen LogP contribution in [0.4, 0.5) is 0 Å². The second kappa shape index (κ2) is 16.2. The standard InChI is InChI=1S/C60H38N8/c1-5-20-39(21-6-1)43-28-19-29-44(36-43)58-62-57(42-26-11-4-12-27-42)65-60(66-58)68-51-34-17-14-31-46(51)49-37-48-45-30-13-16-33-50(45)67(53(48)38-54(49)68)52-35-18-15-32-47(52)59-63-55(40-22-7-2-8-23-40)61-56(64-59)41-24-9-3-10-25-41/h1-38H. The van der Waals surface area contributed by atoms with Gasteiger partial charge in [-0.25, -0.2) is 19.9 Å². The number of nitrogens with zero attached hydrogens (tertiary/aromatic N) is 8. The number of hydrogen-bond acceptors (Lipinski definition) is 6. The lowest BCUT2D eigenvalue weighted by Gasteiger charge is -2.15. The summed E-state index contributed by atoms with van der Waals surface area (Å²) in [6.45, 7) is 0. The van der Waals surface area contributed by atoms with Crippen molar-refractivity contribution in [3.05, 3.63) is 231 Å². The molecule has 0 bridgehead atoms. The molecule has 0 aliphatic heterocycles. The van der Waals surface area contributed by atoms with Gasteiger partial charge in [0.25, 0.3) is 0 Å². The summed E-state index contributed by atoms with van der Waals surface area (Å²) in [7, 11) is 0. The maximum atomic E-state index is 5.34. The summed E-state index contributed by atoms with van der Waals surface area (Å²) in [6, 6.07) is 79.3. The Bertz CT molecular complexity index is 3960. The van der Waals surface area contributed by atoms with Crippen molar-refractivity contribution in [2.45, 2.75) is 0 Å². The van der Waals surface area contributed by atoms with Crippen molar-refractivity contribution in [1.82, 2.24) is 39.0 Å². The molecule has 13 rings (SSSR count). The van der Waals surface area contributed by atoms with Crippen molar-refractivity contribution in [3.8, 4) is 79.7 Å². The topological polar surface area (TPSA) is 87.2 Å². The highest BCUT2D eigenvalue weighted by molar-refractivity contribution is 6.19. The van der Waals surface area contributed by atoms with Crippen LogP contribution in [0.1, 0.15) is 0 Å². The van der Waals surface area contributed by atoms with E-state index < -0.39 is 0 Å². The first-order valence-corrected chi connectivity index (χ1v) is 22.6. The van der Waals surface area contributed by atoms with Crippen LogP contribution < -0.4 is 0 Å². The van der Waals surface area contributed by atoms with E-state index in [9.17, 15) is 0 Å². The average Bonchev–Trinajstić information content (AvgIpc) is 3.92. The van der Waals surface area contributed by atoms with Crippen LogP contribution in [0.5, 0.6) is 0 Å². The Labute approximate surface area is 391 Å². The summed E-state index contributed by atoms with van der Waals surface area (Å²) in [6.07, 6.45) is 0. The van der Waals surface area contributed by atoms with Gasteiger partial charge in [-0.05, 0) is 53.6 Å². The van der Waals surface area contributed by atoms with Gasteiger partial charge < -0.3 is 4.57 Å². The molecule has 68 heavy (non-hydrogen) atoms. The van der Waals surface area contributed by atoms with E-state index in [4.69, 9.17) is 29.9 Å². The summed E-state index contributed by atoms with van der Waals surface area (Å²) in [5, 5.41) is 4.45. The summed E-state index contributed by atoms with van der Waals surface area (Å²) in [4.78, 5) is 31.2. The normalized spacial score (nSPS) is 11.5. The van der Waals surface area contributed by atoms with Crippen molar-refractivity contribution in [3.63, 3.8) is 0 Å².